The van der Waals surface area contributed by atoms with Gasteiger partial charge in [-0.25, -0.2) is 0 Å². The third kappa shape index (κ3) is 3.59. The van der Waals surface area contributed by atoms with E-state index < -0.39 is 0 Å². The van der Waals surface area contributed by atoms with Crippen LogP contribution in [0.25, 0.3) is 0 Å². The van der Waals surface area contributed by atoms with E-state index in [9.17, 15) is 4.79 Å². The highest BCUT2D eigenvalue weighted by atomic mass is 35.5. The molecule has 1 aliphatic carbocycles. The Morgan fingerprint density at radius 3 is 2.75 bits per heavy atom. The van der Waals surface area contributed by atoms with Gasteiger partial charge in [0.25, 0.3) is 0 Å². The van der Waals surface area contributed by atoms with Gasteiger partial charge in [0, 0.05) is 18.5 Å². The second-order valence-electron chi connectivity index (χ2n) is 6.04. The summed E-state index contributed by atoms with van der Waals surface area (Å²) < 4.78 is 1.70. The van der Waals surface area contributed by atoms with Crippen molar-refractivity contribution in [1.82, 2.24) is 14.7 Å². The highest BCUT2D eigenvalue weighted by Gasteiger charge is 2.33. The second kappa shape index (κ2) is 6.24. The van der Waals surface area contributed by atoms with Crippen LogP contribution in [0.5, 0.6) is 0 Å². The molecule has 20 heavy (non-hydrogen) atoms. The average Bonchev–Trinajstić information content (AvgIpc) is 2.93. The highest BCUT2D eigenvalue weighted by Crippen LogP contribution is 2.32. The third-order valence-electron chi connectivity index (χ3n) is 3.93. The number of nitrogens with zero attached hydrogens (tertiary/aromatic N) is 3. The van der Waals surface area contributed by atoms with Gasteiger partial charge in [0.2, 0.25) is 0 Å². The van der Waals surface area contributed by atoms with Crippen molar-refractivity contribution in [3.05, 3.63) is 16.9 Å². The Morgan fingerprint density at radius 1 is 1.50 bits per heavy atom. The topological polar surface area (TPSA) is 64.2 Å². The summed E-state index contributed by atoms with van der Waals surface area (Å²) in [5, 5.41) is 4.63. The first-order valence-corrected chi connectivity index (χ1v) is 7.47. The fraction of sp³-hybridized carbons (Fsp3) is 0.714. The summed E-state index contributed by atoms with van der Waals surface area (Å²) in [6, 6.07) is 0. The number of nitrogens with two attached hydrogens (primary N) is 1. The van der Waals surface area contributed by atoms with Crippen molar-refractivity contribution < 1.29 is 4.79 Å². The zero-order valence-corrected chi connectivity index (χ0v) is 13.0. The van der Waals surface area contributed by atoms with E-state index in [1.54, 1.807) is 10.9 Å². The molecule has 1 aliphatic rings. The number of hydrogen-bond donors (Lipinski definition) is 1. The van der Waals surface area contributed by atoms with Gasteiger partial charge < -0.3 is 10.6 Å². The molecule has 2 N–H and O–H groups in total. The van der Waals surface area contributed by atoms with Crippen LogP contribution in [0.2, 0.25) is 5.02 Å². The Morgan fingerprint density at radius 2 is 2.15 bits per heavy atom. The first-order chi connectivity index (χ1) is 9.41. The minimum atomic E-state index is -0.350. The van der Waals surface area contributed by atoms with Crippen molar-refractivity contribution in [1.29, 1.82) is 0 Å². The Kier molecular flexibility index (Phi) is 4.83. The van der Waals surface area contributed by atoms with E-state index in [4.69, 9.17) is 17.3 Å². The molecule has 1 fully saturated rings. The molecule has 0 amide bonds. The largest absolute Gasteiger partial charge is 0.325 e. The molecule has 0 radical (unpaired) electrons. The third-order valence-corrected chi connectivity index (χ3v) is 4.21. The van der Waals surface area contributed by atoms with E-state index in [2.05, 4.69) is 5.10 Å². The molecule has 0 bridgehead atoms. The van der Waals surface area contributed by atoms with Gasteiger partial charge in [0.15, 0.2) is 5.78 Å². The molecule has 112 valence electrons. The number of aromatic nitrogens is 2. The molecule has 0 aliphatic heterocycles. The number of halogens is 1. The molecule has 1 aromatic heterocycles. The summed E-state index contributed by atoms with van der Waals surface area (Å²) in [7, 11) is 3.97. The van der Waals surface area contributed by atoms with Crippen molar-refractivity contribution in [2.45, 2.75) is 44.2 Å². The summed E-state index contributed by atoms with van der Waals surface area (Å²) in [5.74, 6) is 0.00987. The van der Waals surface area contributed by atoms with Gasteiger partial charge in [0.1, 0.15) is 5.69 Å². The van der Waals surface area contributed by atoms with Gasteiger partial charge in [0.05, 0.1) is 17.8 Å². The van der Waals surface area contributed by atoms with Crippen molar-refractivity contribution in [3.8, 4) is 0 Å². The van der Waals surface area contributed by atoms with E-state index in [1.165, 1.54) is 0 Å². The first kappa shape index (κ1) is 15.5. The van der Waals surface area contributed by atoms with Crippen LogP contribution in [0.1, 0.15) is 42.6 Å². The summed E-state index contributed by atoms with van der Waals surface area (Å²) in [6.07, 6.45) is 5.96. The molecule has 0 aromatic carbocycles. The van der Waals surface area contributed by atoms with Crippen molar-refractivity contribution in [2.24, 2.45) is 5.73 Å². The predicted octanol–water partition coefficient (Wildman–Crippen LogP) is 1.94. The number of carbonyl (C=O) groups excluding carboxylic acids is 1. The molecule has 0 saturated heterocycles. The zero-order valence-electron chi connectivity index (χ0n) is 12.2. The van der Waals surface area contributed by atoms with Crippen LogP contribution in [-0.4, -0.2) is 46.6 Å². The number of rotatable bonds is 6. The van der Waals surface area contributed by atoms with Crippen LogP contribution in [0, 0.1) is 0 Å². The average molecular weight is 299 g/mol. The van der Waals surface area contributed by atoms with Crippen LogP contribution in [0.15, 0.2) is 6.20 Å². The molecule has 1 aromatic rings. The summed E-state index contributed by atoms with van der Waals surface area (Å²) in [5.41, 5.74) is 6.44. The van der Waals surface area contributed by atoms with Gasteiger partial charge in [-0.3, -0.25) is 9.48 Å². The lowest BCUT2D eigenvalue weighted by Crippen LogP contribution is -2.39. The fourth-order valence-electron chi connectivity index (χ4n) is 2.76. The van der Waals surface area contributed by atoms with Gasteiger partial charge in [-0.1, -0.05) is 24.4 Å². The monoisotopic (exact) mass is 298 g/mol. The molecule has 5 nitrogen and oxygen atoms in total. The van der Waals surface area contributed by atoms with Crippen LogP contribution >= 0.6 is 11.6 Å². The minimum Gasteiger partial charge on any atom is -0.325 e. The quantitative estimate of drug-likeness (QED) is 0.815. The lowest BCUT2D eigenvalue weighted by atomic mass is 9.91. The van der Waals surface area contributed by atoms with E-state index in [1.807, 2.05) is 19.0 Å². The number of ketones is 1. The number of Topliss-reactive ketones (excluding diaryl/α,β-unsaturated/α-hetero) is 1. The standard InChI is InChI=1S/C14H23ClN4O/c1-18(2)7-8-19-13(11(15)10-17-19)12(20)9-14(16)5-3-4-6-14/h10H,3-9,16H2,1-2H3. The molecule has 6 heteroatoms. The molecule has 0 unspecified atom stereocenters. The Hall–Kier alpha value is -0.910. The minimum absolute atomic E-state index is 0.00987. The smallest absolute Gasteiger partial charge is 0.184 e. The number of likely N-dealkylation sites (N-methyl/N-ethyl adjacent to an activating group) is 1. The summed E-state index contributed by atoms with van der Waals surface area (Å²) in [4.78, 5) is 14.6. The Labute approximate surface area is 125 Å². The van der Waals surface area contributed by atoms with E-state index in [0.717, 1.165) is 32.2 Å². The van der Waals surface area contributed by atoms with E-state index >= 15 is 0 Å². The summed E-state index contributed by atoms with van der Waals surface area (Å²) in [6.45, 7) is 1.46. The maximum Gasteiger partial charge on any atom is 0.184 e. The maximum atomic E-state index is 12.5. The highest BCUT2D eigenvalue weighted by molar-refractivity contribution is 6.33. The van der Waals surface area contributed by atoms with Gasteiger partial charge >= 0.3 is 0 Å². The molecule has 2 rings (SSSR count). The number of hydrogen-bond acceptors (Lipinski definition) is 4. The van der Waals surface area contributed by atoms with E-state index in [0.29, 0.717) is 23.7 Å². The van der Waals surface area contributed by atoms with Gasteiger partial charge in [-0.15, -0.1) is 0 Å². The van der Waals surface area contributed by atoms with E-state index in [-0.39, 0.29) is 11.3 Å². The van der Waals surface area contributed by atoms with Gasteiger partial charge in [-0.05, 0) is 26.9 Å². The zero-order chi connectivity index (χ0) is 14.8. The molecule has 1 heterocycles. The molecule has 1 saturated carbocycles. The lowest BCUT2D eigenvalue weighted by molar-refractivity contribution is 0.0941. The van der Waals surface area contributed by atoms with Crippen LogP contribution in [-0.2, 0) is 6.54 Å². The molecular formula is C14H23ClN4O. The molecular weight excluding hydrogens is 276 g/mol. The van der Waals surface area contributed by atoms with Crippen molar-refractivity contribution >= 4 is 17.4 Å². The van der Waals surface area contributed by atoms with Crippen molar-refractivity contribution in [2.75, 3.05) is 20.6 Å². The van der Waals surface area contributed by atoms with Gasteiger partial charge in [-0.2, -0.15) is 5.10 Å². The van der Waals surface area contributed by atoms with Crippen LogP contribution < -0.4 is 5.73 Å². The lowest BCUT2D eigenvalue weighted by Gasteiger charge is -2.22. The predicted molar refractivity (Wildman–Crippen MR) is 80.1 cm³/mol. The Bertz CT molecular complexity index is 478. The van der Waals surface area contributed by atoms with Crippen molar-refractivity contribution in [3.63, 3.8) is 0 Å². The van der Waals surface area contributed by atoms with Crippen LogP contribution in [0.3, 0.4) is 0 Å². The second-order valence-corrected chi connectivity index (χ2v) is 6.44. The molecule has 0 atom stereocenters. The fourth-order valence-corrected chi connectivity index (χ4v) is 3.01. The van der Waals surface area contributed by atoms with Crippen LogP contribution in [0.4, 0.5) is 0 Å². The molecule has 0 spiro atoms. The first-order valence-electron chi connectivity index (χ1n) is 7.09. The maximum absolute atomic E-state index is 12.5. The Balaban J connectivity index is 2.10. The SMILES string of the molecule is CN(C)CCn1ncc(Cl)c1C(=O)CC1(N)CCCC1. The number of carbonyl (C=O) groups is 1. The summed E-state index contributed by atoms with van der Waals surface area (Å²) >= 11 is 6.13. The normalized spacial score (nSPS) is 17.9.